The first kappa shape index (κ1) is 22.8. The lowest BCUT2D eigenvalue weighted by Gasteiger charge is -2.38. The van der Waals surface area contributed by atoms with E-state index in [-0.39, 0.29) is 11.5 Å². The molecule has 2 bridgehead atoms. The fourth-order valence-corrected chi connectivity index (χ4v) is 6.89. The molecule has 0 spiro atoms. The maximum atomic E-state index is 12.7. The van der Waals surface area contributed by atoms with Gasteiger partial charge in [-0.05, 0) is 73.2 Å². The van der Waals surface area contributed by atoms with Gasteiger partial charge in [-0.1, -0.05) is 24.3 Å². The van der Waals surface area contributed by atoms with Crippen LogP contribution in [-0.4, -0.2) is 44.4 Å². The summed E-state index contributed by atoms with van der Waals surface area (Å²) < 4.78 is 44.6. The van der Waals surface area contributed by atoms with Crippen LogP contribution in [0.15, 0.2) is 30.3 Å². The smallest absolute Gasteiger partial charge is 0.361 e. The zero-order chi connectivity index (χ0) is 24.2. The van der Waals surface area contributed by atoms with Gasteiger partial charge < -0.3 is 10.2 Å². The third-order valence-corrected chi connectivity index (χ3v) is 8.66. The first-order valence-electron chi connectivity index (χ1n) is 12.4. The number of rotatable bonds is 5. The minimum atomic E-state index is -4.19. The lowest BCUT2D eigenvalue weighted by molar-refractivity contribution is -0.127. The van der Waals surface area contributed by atoms with E-state index in [1.165, 1.54) is 17.8 Å². The molecule has 1 saturated heterocycles. The average molecular weight is 503 g/mol. The second kappa shape index (κ2) is 8.80. The molecule has 2 fully saturated rings. The quantitative estimate of drug-likeness (QED) is 0.506. The Balaban J connectivity index is 1.17. The molecule has 1 unspecified atom stereocenters. The monoisotopic (exact) mass is 502 g/mol. The second-order valence-corrected chi connectivity index (χ2v) is 11.0. The molecule has 10 heteroatoms. The van der Waals surface area contributed by atoms with Crippen molar-refractivity contribution in [3.63, 3.8) is 0 Å². The van der Waals surface area contributed by atoms with E-state index >= 15 is 0 Å². The standard InChI is InChI=1S/C25H29F3N6S/c1-15-11-21(35-32-15)33-13-18-8-9-19(14-33)22(18)29-24-30-23-20(3-2-10-34(23)31-24)17-6-4-16(5-7-17)12-25(26,27)28/h4-7,11,18-20,22H,2-3,8-10,12-14H2,1H3,(H,29,31)/t18-,19+,20?,22-. The number of nitrogens with zero attached hydrogens (tertiary/aromatic N) is 5. The molecule has 6 rings (SSSR count). The summed E-state index contributed by atoms with van der Waals surface area (Å²) in [6.07, 6.45) is -0.778. The van der Waals surface area contributed by atoms with Crippen molar-refractivity contribution in [3.05, 3.63) is 53.0 Å². The highest BCUT2D eigenvalue weighted by Gasteiger charge is 2.43. The van der Waals surface area contributed by atoms with Gasteiger partial charge >= 0.3 is 6.18 Å². The van der Waals surface area contributed by atoms with E-state index in [9.17, 15) is 13.2 Å². The number of alkyl halides is 3. The molecule has 3 aliphatic rings. The maximum absolute atomic E-state index is 12.7. The number of piperidine rings is 1. The van der Waals surface area contributed by atoms with Crippen molar-refractivity contribution in [2.75, 3.05) is 23.3 Å². The number of benzene rings is 1. The Bertz CT molecular complexity index is 1170. The van der Waals surface area contributed by atoms with Crippen molar-refractivity contribution in [1.29, 1.82) is 0 Å². The lowest BCUT2D eigenvalue weighted by Crippen LogP contribution is -2.48. The Morgan fingerprint density at radius 1 is 1.09 bits per heavy atom. The van der Waals surface area contributed by atoms with Crippen molar-refractivity contribution in [3.8, 4) is 0 Å². The molecule has 1 aliphatic carbocycles. The average Bonchev–Trinajstić information content (AvgIpc) is 3.48. The van der Waals surface area contributed by atoms with Gasteiger partial charge in [0, 0.05) is 31.6 Å². The molecular weight excluding hydrogens is 473 g/mol. The molecule has 4 atom stereocenters. The van der Waals surface area contributed by atoms with Gasteiger partial charge in [-0.3, -0.25) is 0 Å². The molecule has 4 heterocycles. The fourth-order valence-electron chi connectivity index (χ4n) is 6.11. The SMILES string of the molecule is Cc1cc(N2C[C@H]3CC[C@@H](C2)[C@@H]3Nc2nc3n(n2)CCCC3c2ccc(CC(F)(F)F)cc2)sn1. The van der Waals surface area contributed by atoms with E-state index in [4.69, 9.17) is 10.1 Å². The summed E-state index contributed by atoms with van der Waals surface area (Å²) in [7, 11) is 0. The molecule has 2 aromatic heterocycles. The number of aryl methyl sites for hydroxylation is 2. The Morgan fingerprint density at radius 2 is 1.83 bits per heavy atom. The summed E-state index contributed by atoms with van der Waals surface area (Å²) in [6, 6.07) is 9.37. The number of aromatic nitrogens is 4. The van der Waals surface area contributed by atoms with Gasteiger partial charge in [0.15, 0.2) is 0 Å². The lowest BCUT2D eigenvalue weighted by atomic mass is 9.90. The summed E-state index contributed by atoms with van der Waals surface area (Å²) in [5, 5.41) is 9.73. The predicted molar refractivity (Wildman–Crippen MR) is 130 cm³/mol. The van der Waals surface area contributed by atoms with E-state index in [1.807, 2.05) is 23.7 Å². The molecule has 1 N–H and O–H groups in total. The number of fused-ring (bicyclic) bond motifs is 3. The van der Waals surface area contributed by atoms with Crippen molar-refractivity contribution in [2.24, 2.45) is 11.8 Å². The van der Waals surface area contributed by atoms with Crippen LogP contribution >= 0.6 is 11.5 Å². The van der Waals surface area contributed by atoms with Crippen LogP contribution in [-0.2, 0) is 13.0 Å². The van der Waals surface area contributed by atoms with Gasteiger partial charge in [0.25, 0.3) is 0 Å². The molecule has 0 amide bonds. The van der Waals surface area contributed by atoms with E-state index in [2.05, 4.69) is 20.7 Å². The van der Waals surface area contributed by atoms with Gasteiger partial charge in [0.05, 0.1) is 12.1 Å². The number of hydrogen-bond donors (Lipinski definition) is 1. The molecule has 35 heavy (non-hydrogen) atoms. The summed E-state index contributed by atoms with van der Waals surface area (Å²) in [4.78, 5) is 7.38. The molecule has 1 saturated carbocycles. The number of anilines is 2. The van der Waals surface area contributed by atoms with Crippen LogP contribution in [0.4, 0.5) is 24.1 Å². The Hall–Kier alpha value is -2.62. The van der Waals surface area contributed by atoms with Crippen molar-refractivity contribution < 1.29 is 13.2 Å². The van der Waals surface area contributed by atoms with Gasteiger partial charge in [-0.25, -0.2) is 4.68 Å². The molecular formula is C25H29F3N6S. The minimum Gasteiger partial charge on any atom is -0.361 e. The van der Waals surface area contributed by atoms with Gasteiger partial charge in [-0.2, -0.15) is 22.5 Å². The third kappa shape index (κ3) is 4.64. The largest absolute Gasteiger partial charge is 0.393 e. The molecule has 186 valence electrons. The van der Waals surface area contributed by atoms with Gasteiger partial charge in [0.1, 0.15) is 10.8 Å². The van der Waals surface area contributed by atoms with Gasteiger partial charge in [-0.15, -0.1) is 5.10 Å². The second-order valence-electron chi connectivity index (χ2n) is 10.2. The van der Waals surface area contributed by atoms with E-state index < -0.39 is 12.6 Å². The summed E-state index contributed by atoms with van der Waals surface area (Å²) in [5.41, 5.74) is 2.37. The fraction of sp³-hybridized carbons (Fsp3) is 0.560. The normalized spacial score (nSPS) is 26.1. The Labute approximate surface area is 206 Å². The first-order valence-corrected chi connectivity index (χ1v) is 13.1. The topological polar surface area (TPSA) is 58.9 Å². The zero-order valence-electron chi connectivity index (χ0n) is 19.6. The van der Waals surface area contributed by atoms with E-state index in [1.54, 1.807) is 23.7 Å². The highest BCUT2D eigenvalue weighted by molar-refractivity contribution is 7.10. The Morgan fingerprint density at radius 3 is 2.49 bits per heavy atom. The summed E-state index contributed by atoms with van der Waals surface area (Å²) in [6.45, 7) is 4.91. The Kier molecular flexibility index (Phi) is 5.74. The number of hydrogen-bond acceptors (Lipinski definition) is 6. The van der Waals surface area contributed by atoms with Gasteiger partial charge in [0.2, 0.25) is 5.95 Å². The van der Waals surface area contributed by atoms with Crippen molar-refractivity contribution in [1.82, 2.24) is 19.1 Å². The van der Waals surface area contributed by atoms with Crippen LogP contribution in [0.2, 0.25) is 0 Å². The molecule has 0 radical (unpaired) electrons. The number of nitrogens with one attached hydrogen (secondary N) is 1. The summed E-state index contributed by atoms with van der Waals surface area (Å²) >= 11 is 1.58. The molecule has 1 aromatic carbocycles. The van der Waals surface area contributed by atoms with Crippen molar-refractivity contribution in [2.45, 2.75) is 63.7 Å². The third-order valence-electron chi connectivity index (χ3n) is 7.72. The highest BCUT2D eigenvalue weighted by atomic mass is 32.1. The van der Waals surface area contributed by atoms with Crippen LogP contribution in [0.3, 0.4) is 0 Å². The predicted octanol–water partition coefficient (Wildman–Crippen LogP) is 5.40. The van der Waals surface area contributed by atoms with E-state index in [0.717, 1.165) is 49.6 Å². The van der Waals surface area contributed by atoms with Crippen LogP contribution in [0.1, 0.15) is 54.2 Å². The van der Waals surface area contributed by atoms with Crippen LogP contribution in [0.25, 0.3) is 0 Å². The minimum absolute atomic E-state index is 0.0554. The number of halogens is 3. The molecule has 2 aliphatic heterocycles. The molecule has 6 nitrogen and oxygen atoms in total. The molecule has 3 aromatic rings. The van der Waals surface area contributed by atoms with Crippen LogP contribution < -0.4 is 10.2 Å². The van der Waals surface area contributed by atoms with Crippen LogP contribution in [0.5, 0.6) is 0 Å². The first-order chi connectivity index (χ1) is 16.8. The van der Waals surface area contributed by atoms with Crippen molar-refractivity contribution >= 4 is 22.5 Å². The summed E-state index contributed by atoms with van der Waals surface area (Å²) in [5.74, 6) is 2.75. The zero-order valence-corrected chi connectivity index (χ0v) is 20.4. The highest BCUT2D eigenvalue weighted by Crippen LogP contribution is 2.41. The maximum Gasteiger partial charge on any atom is 0.393 e. The van der Waals surface area contributed by atoms with E-state index in [0.29, 0.717) is 23.8 Å². The van der Waals surface area contributed by atoms with Crippen LogP contribution in [0, 0.1) is 18.8 Å².